The number of hydrogen-bond acceptors (Lipinski definition) is 9. The molecule has 1 heterocycles. The van der Waals surface area contributed by atoms with Gasteiger partial charge in [0.05, 0.1) is 0 Å². The van der Waals surface area contributed by atoms with Crippen LogP contribution in [-0.2, 0) is 14.0 Å². The number of rotatable bonds is 3. The molecule has 1 fully saturated rings. The van der Waals surface area contributed by atoms with E-state index in [0.29, 0.717) is 0 Å². The van der Waals surface area contributed by atoms with Gasteiger partial charge in [0.1, 0.15) is 0 Å². The number of ether oxygens (including phenoxy) is 2. The molecule has 16 heavy (non-hydrogen) atoms. The van der Waals surface area contributed by atoms with Crippen LogP contribution in [-0.4, -0.2) is 68.0 Å². The summed E-state index contributed by atoms with van der Waals surface area (Å²) in [7, 11) is -3.75. The Morgan fingerprint density at radius 1 is 0.938 bits per heavy atom. The number of hydrogen-bond donors (Lipinski definition) is 6. The van der Waals surface area contributed by atoms with E-state index in [4.69, 9.17) is 19.4 Å². The fourth-order valence-electron chi connectivity index (χ4n) is 1.27. The molecule has 1 aliphatic heterocycles. The fraction of sp³-hybridized carbons (Fsp3) is 1.00. The molecular weight excluding hydrogens is 247 g/mol. The third-order valence-electron chi connectivity index (χ3n) is 2.03. The molecule has 1 rings (SSSR count). The third-order valence-corrected chi connectivity index (χ3v) is 2.58. The first-order chi connectivity index (χ1) is 7.26. The van der Waals surface area contributed by atoms with Crippen LogP contribution in [0.4, 0.5) is 0 Å². The van der Waals surface area contributed by atoms with Gasteiger partial charge in [-0.2, -0.15) is 0 Å². The summed E-state index contributed by atoms with van der Waals surface area (Å²) in [5.74, 6) is 0. The average Bonchev–Trinajstić information content (AvgIpc) is 2.17. The molecule has 0 spiro atoms. The fourth-order valence-corrected chi connectivity index (χ4v) is 1.77. The molecule has 0 aromatic rings. The Bertz CT molecular complexity index is 229. The molecular formula is C6H15O9P. The van der Waals surface area contributed by atoms with Crippen LogP contribution < -0.4 is 0 Å². The normalized spacial score (nSPS) is 42.1. The monoisotopic (exact) mass is 262 g/mol. The minimum atomic E-state index is -4.91. The maximum absolute atomic E-state index is 9.36. The summed E-state index contributed by atoms with van der Waals surface area (Å²) in [6.45, 7) is 0. The van der Waals surface area contributed by atoms with E-state index in [-0.39, 0.29) is 0 Å². The quantitative estimate of drug-likeness (QED) is 0.289. The molecule has 98 valence electrons. The minimum absolute atomic E-state index is 1.16. The van der Waals surface area contributed by atoms with Gasteiger partial charge in [-0.05, 0) is 0 Å². The molecule has 0 aliphatic carbocycles. The first kappa shape index (κ1) is 14.1. The van der Waals surface area contributed by atoms with Gasteiger partial charge in [0.25, 0.3) is 0 Å². The van der Waals surface area contributed by atoms with Gasteiger partial charge in [-0.3, -0.25) is 0 Å². The van der Waals surface area contributed by atoms with Crippen molar-refractivity contribution in [3.8, 4) is 0 Å². The second-order valence-corrected chi connectivity index (χ2v) is 4.66. The molecule has 1 saturated heterocycles. The Morgan fingerprint density at radius 2 is 1.44 bits per heavy atom. The molecule has 5 unspecified atom stereocenters. The first-order valence-electron chi connectivity index (χ1n) is 4.33. The van der Waals surface area contributed by atoms with Gasteiger partial charge in [0.15, 0.2) is 0 Å². The molecule has 6 N–H and O–H groups in total. The number of methoxy groups -OCH3 is 1. The number of aliphatic hydroxyl groups is 3. The zero-order valence-corrected chi connectivity index (χ0v) is 9.29. The van der Waals surface area contributed by atoms with Crippen molar-refractivity contribution in [2.75, 3.05) is 7.11 Å². The van der Waals surface area contributed by atoms with E-state index in [1.54, 1.807) is 0 Å². The average molecular weight is 262 g/mol. The molecule has 1 aliphatic rings. The Labute approximate surface area is 91.1 Å². The van der Waals surface area contributed by atoms with E-state index < -0.39 is 39.1 Å². The maximum atomic E-state index is 9.36. The van der Waals surface area contributed by atoms with Crippen LogP contribution in [0.15, 0.2) is 0 Å². The molecule has 0 saturated carbocycles. The van der Waals surface area contributed by atoms with Gasteiger partial charge in [-0.1, -0.05) is 0 Å². The zero-order chi connectivity index (χ0) is 12.5. The summed E-state index contributed by atoms with van der Waals surface area (Å²) in [5.41, 5.74) is 0. The van der Waals surface area contributed by atoms with E-state index in [1.807, 2.05) is 0 Å². The summed E-state index contributed by atoms with van der Waals surface area (Å²) >= 11 is 0. The van der Waals surface area contributed by atoms with Crippen LogP contribution in [0.5, 0.6) is 0 Å². The molecule has 0 bridgehead atoms. The van der Waals surface area contributed by atoms with Crippen molar-refractivity contribution >= 4 is 8.17 Å². The Balaban J connectivity index is 2.71. The van der Waals surface area contributed by atoms with E-state index in [2.05, 4.69) is 9.26 Å². The zero-order valence-electron chi connectivity index (χ0n) is 8.29. The van der Waals surface area contributed by atoms with Crippen molar-refractivity contribution in [1.82, 2.24) is 0 Å². The standard InChI is InChI=1S/C6H15O9P/c1-13-5-3(8)2(7)4(9)6(14-5)15-16(10,11)12/h2-12,16H,1H3. The Hall–Kier alpha value is 0.0700. The van der Waals surface area contributed by atoms with Crippen molar-refractivity contribution in [3.63, 3.8) is 0 Å². The summed E-state index contributed by atoms with van der Waals surface area (Å²) in [6, 6.07) is 0. The van der Waals surface area contributed by atoms with Gasteiger partial charge in [0, 0.05) is 0 Å². The summed E-state index contributed by atoms with van der Waals surface area (Å²) in [5, 5.41) is 28.0. The van der Waals surface area contributed by atoms with E-state index in [1.165, 1.54) is 0 Å². The van der Waals surface area contributed by atoms with Crippen LogP contribution in [0.25, 0.3) is 0 Å². The summed E-state index contributed by atoms with van der Waals surface area (Å²) in [4.78, 5) is 26.0. The Morgan fingerprint density at radius 3 is 1.88 bits per heavy atom. The van der Waals surface area contributed by atoms with Gasteiger partial charge < -0.3 is 0 Å². The van der Waals surface area contributed by atoms with Crippen LogP contribution >= 0.6 is 8.17 Å². The number of aliphatic hydroxyl groups excluding tert-OH is 3. The molecule has 9 nitrogen and oxygen atoms in total. The van der Waals surface area contributed by atoms with Gasteiger partial charge >= 0.3 is 90.2 Å². The van der Waals surface area contributed by atoms with Crippen LogP contribution in [0.3, 0.4) is 0 Å². The SMILES string of the molecule is COC1OC(O[PH](O)(O)O)C(O)C(O)C1O. The predicted molar refractivity (Wildman–Crippen MR) is 49.7 cm³/mol. The van der Waals surface area contributed by atoms with E-state index in [0.717, 1.165) is 7.11 Å². The van der Waals surface area contributed by atoms with Crippen molar-refractivity contribution in [2.24, 2.45) is 0 Å². The van der Waals surface area contributed by atoms with Crippen molar-refractivity contribution < 1.29 is 44.0 Å². The van der Waals surface area contributed by atoms with E-state index in [9.17, 15) is 15.3 Å². The van der Waals surface area contributed by atoms with Gasteiger partial charge in [-0.25, -0.2) is 0 Å². The van der Waals surface area contributed by atoms with Crippen molar-refractivity contribution in [2.45, 2.75) is 30.9 Å². The topological polar surface area (TPSA) is 149 Å². The Kier molecular flexibility index (Phi) is 4.55. The first-order valence-corrected chi connectivity index (χ1v) is 6.08. The molecule has 0 amide bonds. The van der Waals surface area contributed by atoms with Crippen molar-refractivity contribution in [1.29, 1.82) is 0 Å². The molecule has 0 aromatic heterocycles. The van der Waals surface area contributed by atoms with Crippen LogP contribution in [0.2, 0.25) is 0 Å². The second kappa shape index (κ2) is 5.15. The van der Waals surface area contributed by atoms with Gasteiger partial charge in [0.2, 0.25) is 0 Å². The summed E-state index contributed by atoms with van der Waals surface area (Å²) < 4.78 is 13.6. The molecule has 10 heteroatoms. The third kappa shape index (κ3) is 3.28. The van der Waals surface area contributed by atoms with Crippen LogP contribution in [0.1, 0.15) is 0 Å². The summed E-state index contributed by atoms with van der Waals surface area (Å²) in [6.07, 6.45) is -7.97. The van der Waals surface area contributed by atoms with Crippen molar-refractivity contribution in [3.05, 3.63) is 0 Å². The molecule has 5 atom stereocenters. The van der Waals surface area contributed by atoms with Gasteiger partial charge in [-0.15, -0.1) is 0 Å². The van der Waals surface area contributed by atoms with E-state index >= 15 is 0 Å². The second-order valence-electron chi connectivity index (χ2n) is 3.27. The molecule has 0 aromatic carbocycles. The van der Waals surface area contributed by atoms with Crippen LogP contribution in [0, 0.1) is 0 Å². The molecule has 0 radical (unpaired) electrons. The predicted octanol–water partition coefficient (Wildman–Crippen LogP) is -3.20.